The van der Waals surface area contributed by atoms with E-state index in [9.17, 15) is 0 Å². The summed E-state index contributed by atoms with van der Waals surface area (Å²) in [5.41, 5.74) is 3.54. The van der Waals surface area contributed by atoms with Crippen molar-refractivity contribution in [2.75, 3.05) is 5.32 Å². The summed E-state index contributed by atoms with van der Waals surface area (Å²) in [6, 6.07) is 8.63. The molecule has 1 N–H and O–H groups in total. The van der Waals surface area contributed by atoms with Crippen LogP contribution in [0.2, 0.25) is 5.02 Å². The van der Waals surface area contributed by atoms with Crippen molar-refractivity contribution in [1.29, 1.82) is 0 Å². The SMILES string of the molecule is Cc1ccc(NC(C)c2cc(C)sc2C)c(Cl)c1. The molecule has 2 rings (SSSR count). The van der Waals surface area contributed by atoms with E-state index in [1.54, 1.807) is 0 Å². The lowest BCUT2D eigenvalue weighted by molar-refractivity contribution is 0.881. The summed E-state index contributed by atoms with van der Waals surface area (Å²) in [7, 11) is 0. The predicted molar refractivity (Wildman–Crippen MR) is 82.0 cm³/mol. The average molecular weight is 280 g/mol. The van der Waals surface area contributed by atoms with Gasteiger partial charge in [-0.05, 0) is 57.0 Å². The zero-order valence-corrected chi connectivity index (χ0v) is 12.7. The van der Waals surface area contributed by atoms with Crippen molar-refractivity contribution < 1.29 is 0 Å². The van der Waals surface area contributed by atoms with E-state index in [0.29, 0.717) is 0 Å². The quantitative estimate of drug-likeness (QED) is 0.782. The Morgan fingerprint density at radius 1 is 1.17 bits per heavy atom. The first-order valence-corrected chi connectivity index (χ1v) is 7.26. The summed E-state index contributed by atoms with van der Waals surface area (Å²) in [5.74, 6) is 0. The summed E-state index contributed by atoms with van der Waals surface area (Å²) < 4.78 is 0. The number of aryl methyl sites for hydroxylation is 3. The monoisotopic (exact) mass is 279 g/mol. The van der Waals surface area contributed by atoms with Crippen molar-refractivity contribution in [2.45, 2.75) is 33.7 Å². The molecular weight excluding hydrogens is 262 g/mol. The Kier molecular flexibility index (Phi) is 3.98. The van der Waals surface area contributed by atoms with Crippen molar-refractivity contribution >= 4 is 28.6 Å². The number of benzene rings is 1. The van der Waals surface area contributed by atoms with Crippen LogP contribution in [0.5, 0.6) is 0 Å². The molecule has 0 saturated carbocycles. The molecule has 1 aromatic heterocycles. The number of nitrogens with one attached hydrogen (secondary N) is 1. The van der Waals surface area contributed by atoms with Gasteiger partial charge in [0.2, 0.25) is 0 Å². The summed E-state index contributed by atoms with van der Waals surface area (Å²) in [4.78, 5) is 2.72. The van der Waals surface area contributed by atoms with Crippen molar-refractivity contribution in [3.63, 3.8) is 0 Å². The Balaban J connectivity index is 2.21. The number of halogens is 1. The zero-order chi connectivity index (χ0) is 13.3. The topological polar surface area (TPSA) is 12.0 Å². The molecule has 2 aromatic rings. The van der Waals surface area contributed by atoms with Gasteiger partial charge >= 0.3 is 0 Å². The number of anilines is 1. The maximum Gasteiger partial charge on any atom is 0.0640 e. The summed E-state index contributed by atoms with van der Waals surface area (Å²) in [5, 5.41) is 4.27. The van der Waals surface area contributed by atoms with Crippen LogP contribution in [0.25, 0.3) is 0 Å². The lowest BCUT2D eigenvalue weighted by atomic mass is 10.1. The van der Waals surface area contributed by atoms with Crippen molar-refractivity contribution in [2.24, 2.45) is 0 Å². The first-order chi connectivity index (χ1) is 8.47. The third-order valence-electron chi connectivity index (χ3n) is 3.04. The third-order valence-corrected chi connectivity index (χ3v) is 4.34. The van der Waals surface area contributed by atoms with Gasteiger partial charge in [-0.1, -0.05) is 17.7 Å². The van der Waals surface area contributed by atoms with Crippen LogP contribution in [0.4, 0.5) is 5.69 Å². The van der Waals surface area contributed by atoms with Gasteiger partial charge in [-0.15, -0.1) is 11.3 Å². The van der Waals surface area contributed by atoms with Crippen LogP contribution < -0.4 is 5.32 Å². The van der Waals surface area contributed by atoms with Crippen LogP contribution in [0.1, 0.15) is 33.8 Å². The fourth-order valence-corrected chi connectivity index (χ4v) is 3.44. The lowest BCUT2D eigenvalue weighted by Gasteiger charge is -2.16. The molecule has 0 aliphatic carbocycles. The standard InChI is InChI=1S/C15H18ClNS/c1-9-5-6-15(14(16)7-9)17-11(3)13-8-10(2)18-12(13)4/h5-8,11,17H,1-4H3. The number of hydrogen-bond acceptors (Lipinski definition) is 2. The maximum absolute atomic E-state index is 6.25. The highest BCUT2D eigenvalue weighted by Gasteiger charge is 2.12. The van der Waals surface area contributed by atoms with Gasteiger partial charge in [0.1, 0.15) is 0 Å². The van der Waals surface area contributed by atoms with Gasteiger partial charge in [-0.25, -0.2) is 0 Å². The maximum atomic E-state index is 6.25. The molecule has 1 unspecified atom stereocenters. The molecular formula is C15H18ClNS. The van der Waals surface area contributed by atoms with E-state index in [2.05, 4.69) is 38.2 Å². The minimum Gasteiger partial charge on any atom is -0.377 e. The minimum absolute atomic E-state index is 0.273. The minimum atomic E-state index is 0.273. The largest absolute Gasteiger partial charge is 0.377 e. The molecule has 0 fully saturated rings. The second-order valence-corrected chi connectivity index (χ2v) is 6.59. The molecule has 1 aromatic carbocycles. The van der Waals surface area contributed by atoms with Gasteiger partial charge in [0.25, 0.3) is 0 Å². The highest BCUT2D eigenvalue weighted by Crippen LogP contribution is 2.31. The molecule has 1 atom stereocenters. The molecule has 0 saturated heterocycles. The number of thiophene rings is 1. The van der Waals surface area contributed by atoms with E-state index in [0.717, 1.165) is 10.7 Å². The second kappa shape index (κ2) is 5.33. The highest BCUT2D eigenvalue weighted by molar-refractivity contribution is 7.12. The van der Waals surface area contributed by atoms with E-state index in [4.69, 9.17) is 11.6 Å². The van der Waals surface area contributed by atoms with E-state index in [1.165, 1.54) is 20.9 Å². The average Bonchev–Trinajstić information content (AvgIpc) is 2.62. The van der Waals surface area contributed by atoms with Crippen molar-refractivity contribution in [3.05, 3.63) is 50.2 Å². The molecule has 96 valence electrons. The second-order valence-electron chi connectivity index (χ2n) is 4.72. The van der Waals surface area contributed by atoms with Gasteiger partial charge in [-0.2, -0.15) is 0 Å². The highest BCUT2D eigenvalue weighted by atomic mass is 35.5. The van der Waals surface area contributed by atoms with Gasteiger partial charge < -0.3 is 5.32 Å². The molecule has 0 radical (unpaired) electrons. The first-order valence-electron chi connectivity index (χ1n) is 6.07. The molecule has 0 bridgehead atoms. The van der Waals surface area contributed by atoms with E-state index in [-0.39, 0.29) is 6.04 Å². The van der Waals surface area contributed by atoms with Crippen LogP contribution >= 0.6 is 22.9 Å². The fraction of sp³-hybridized carbons (Fsp3) is 0.333. The van der Waals surface area contributed by atoms with Crippen molar-refractivity contribution in [1.82, 2.24) is 0 Å². The molecule has 0 aliphatic heterocycles. The Hall–Kier alpha value is -0.990. The summed E-state index contributed by atoms with van der Waals surface area (Å²) in [6.45, 7) is 8.53. The number of hydrogen-bond donors (Lipinski definition) is 1. The Bertz CT molecular complexity index is 560. The van der Waals surface area contributed by atoms with Crippen LogP contribution in [0, 0.1) is 20.8 Å². The zero-order valence-electron chi connectivity index (χ0n) is 11.2. The Morgan fingerprint density at radius 2 is 1.89 bits per heavy atom. The molecule has 0 aliphatic rings. The van der Waals surface area contributed by atoms with Gasteiger partial charge in [0.15, 0.2) is 0 Å². The van der Waals surface area contributed by atoms with Crippen LogP contribution in [-0.4, -0.2) is 0 Å². The van der Waals surface area contributed by atoms with Crippen LogP contribution in [0.15, 0.2) is 24.3 Å². The smallest absolute Gasteiger partial charge is 0.0640 e. The van der Waals surface area contributed by atoms with Crippen LogP contribution in [-0.2, 0) is 0 Å². The predicted octanol–water partition coefficient (Wildman–Crippen LogP) is 5.50. The van der Waals surface area contributed by atoms with Crippen LogP contribution in [0.3, 0.4) is 0 Å². The Labute approximate surface area is 118 Å². The van der Waals surface area contributed by atoms with E-state index < -0.39 is 0 Å². The first kappa shape index (κ1) is 13.4. The normalized spacial score (nSPS) is 12.5. The van der Waals surface area contributed by atoms with Gasteiger partial charge in [-0.3, -0.25) is 0 Å². The van der Waals surface area contributed by atoms with Gasteiger partial charge in [0, 0.05) is 15.8 Å². The lowest BCUT2D eigenvalue weighted by Crippen LogP contribution is -2.07. The summed E-state index contributed by atoms with van der Waals surface area (Å²) >= 11 is 8.09. The molecule has 18 heavy (non-hydrogen) atoms. The Morgan fingerprint density at radius 3 is 2.44 bits per heavy atom. The molecule has 0 spiro atoms. The molecule has 0 amide bonds. The fourth-order valence-electron chi connectivity index (χ4n) is 2.13. The van der Waals surface area contributed by atoms with E-state index in [1.807, 2.05) is 30.4 Å². The van der Waals surface area contributed by atoms with E-state index >= 15 is 0 Å². The summed E-state index contributed by atoms with van der Waals surface area (Å²) in [6.07, 6.45) is 0. The molecule has 1 nitrogen and oxygen atoms in total. The van der Waals surface area contributed by atoms with Crippen molar-refractivity contribution in [3.8, 4) is 0 Å². The third kappa shape index (κ3) is 2.88. The van der Waals surface area contributed by atoms with Gasteiger partial charge in [0.05, 0.1) is 10.7 Å². The molecule has 1 heterocycles. The number of rotatable bonds is 3. The molecule has 3 heteroatoms.